The van der Waals surface area contributed by atoms with Gasteiger partial charge in [0.25, 0.3) is 0 Å². The van der Waals surface area contributed by atoms with Crippen molar-refractivity contribution in [3.05, 3.63) is 0 Å². The van der Waals surface area contributed by atoms with Crippen LogP contribution < -0.4 is 0 Å². The van der Waals surface area contributed by atoms with Crippen molar-refractivity contribution in [2.75, 3.05) is 0 Å². The summed E-state index contributed by atoms with van der Waals surface area (Å²) in [6, 6.07) is 0. The normalized spacial score (nSPS) is 24.1. The summed E-state index contributed by atoms with van der Waals surface area (Å²) in [5.74, 6) is 0. The van der Waals surface area contributed by atoms with Gasteiger partial charge >= 0.3 is 0 Å². The van der Waals surface area contributed by atoms with Gasteiger partial charge in [0.2, 0.25) is 0 Å². The second-order valence-corrected chi connectivity index (χ2v) is 3.75. The third-order valence-corrected chi connectivity index (χ3v) is 3.05. The smallest absolute Gasteiger partial charge is 0.126 e. The van der Waals surface area contributed by atoms with Gasteiger partial charge in [0, 0.05) is 5.41 Å². The Morgan fingerprint density at radius 2 is 1.73 bits per heavy atom. The molecule has 1 aliphatic rings. The third-order valence-electron chi connectivity index (χ3n) is 3.05. The standard InChI is InChI=1S/C10H18O/c1-2-10(9-11)7-5-3-4-6-8-10/h9H,2-8H2,1H3. The van der Waals surface area contributed by atoms with Crippen LogP contribution >= 0.6 is 0 Å². The van der Waals surface area contributed by atoms with Gasteiger partial charge in [0.1, 0.15) is 6.29 Å². The van der Waals surface area contributed by atoms with E-state index in [4.69, 9.17) is 0 Å². The number of rotatable bonds is 2. The van der Waals surface area contributed by atoms with Crippen LogP contribution in [-0.4, -0.2) is 6.29 Å². The van der Waals surface area contributed by atoms with E-state index in [-0.39, 0.29) is 5.41 Å². The Kier molecular flexibility index (Phi) is 3.10. The van der Waals surface area contributed by atoms with Crippen molar-refractivity contribution in [2.24, 2.45) is 5.41 Å². The summed E-state index contributed by atoms with van der Waals surface area (Å²) < 4.78 is 0. The van der Waals surface area contributed by atoms with Crippen LogP contribution in [0.4, 0.5) is 0 Å². The van der Waals surface area contributed by atoms with Crippen molar-refractivity contribution in [1.29, 1.82) is 0 Å². The lowest BCUT2D eigenvalue weighted by molar-refractivity contribution is -0.117. The average molecular weight is 154 g/mol. The van der Waals surface area contributed by atoms with Gasteiger partial charge in [-0.3, -0.25) is 0 Å². The Bertz CT molecular complexity index is 121. The Morgan fingerprint density at radius 1 is 1.18 bits per heavy atom. The SMILES string of the molecule is CCC1(C=O)CCCCCC1. The quantitative estimate of drug-likeness (QED) is 0.441. The van der Waals surface area contributed by atoms with Crippen LogP contribution in [0, 0.1) is 5.41 Å². The molecule has 11 heavy (non-hydrogen) atoms. The van der Waals surface area contributed by atoms with Gasteiger partial charge in [-0.2, -0.15) is 0 Å². The minimum absolute atomic E-state index is 0.0660. The number of carbonyl (C=O) groups is 1. The molecular formula is C10H18O. The van der Waals surface area contributed by atoms with Gasteiger partial charge < -0.3 is 4.79 Å². The zero-order chi connectivity index (χ0) is 8.16. The Labute approximate surface area is 69.2 Å². The molecule has 0 N–H and O–H groups in total. The predicted octanol–water partition coefficient (Wildman–Crippen LogP) is 2.94. The lowest BCUT2D eigenvalue weighted by Crippen LogP contribution is -2.20. The van der Waals surface area contributed by atoms with E-state index in [1.807, 2.05) is 0 Å². The fraction of sp³-hybridized carbons (Fsp3) is 0.900. The lowest BCUT2D eigenvalue weighted by atomic mass is 9.80. The molecule has 0 aliphatic heterocycles. The molecule has 64 valence electrons. The van der Waals surface area contributed by atoms with Gasteiger partial charge in [-0.05, 0) is 19.3 Å². The van der Waals surface area contributed by atoms with Crippen molar-refractivity contribution in [3.63, 3.8) is 0 Å². The molecule has 0 spiro atoms. The first-order valence-electron chi connectivity index (χ1n) is 4.79. The monoisotopic (exact) mass is 154 g/mol. The summed E-state index contributed by atoms with van der Waals surface area (Å²) in [6.45, 7) is 2.14. The highest BCUT2D eigenvalue weighted by atomic mass is 16.1. The van der Waals surface area contributed by atoms with Gasteiger partial charge in [0.15, 0.2) is 0 Å². The van der Waals surface area contributed by atoms with E-state index in [0.29, 0.717) is 0 Å². The summed E-state index contributed by atoms with van der Waals surface area (Å²) in [6.07, 6.45) is 9.68. The molecular weight excluding hydrogens is 136 g/mol. The maximum Gasteiger partial charge on any atom is 0.126 e. The first-order valence-corrected chi connectivity index (χ1v) is 4.79. The molecule has 0 atom stereocenters. The molecule has 0 saturated heterocycles. The Balaban J connectivity index is 2.55. The Morgan fingerprint density at radius 3 is 2.09 bits per heavy atom. The van der Waals surface area contributed by atoms with Crippen LogP contribution in [0.25, 0.3) is 0 Å². The van der Waals surface area contributed by atoms with Crippen molar-refractivity contribution >= 4 is 6.29 Å². The lowest BCUT2D eigenvalue weighted by Gasteiger charge is -2.23. The Hall–Kier alpha value is -0.330. The highest BCUT2D eigenvalue weighted by molar-refractivity contribution is 5.59. The van der Waals surface area contributed by atoms with Crippen molar-refractivity contribution < 1.29 is 4.79 Å². The highest BCUT2D eigenvalue weighted by Gasteiger charge is 2.27. The summed E-state index contributed by atoms with van der Waals surface area (Å²) in [5, 5.41) is 0. The van der Waals surface area contributed by atoms with Crippen molar-refractivity contribution in [2.45, 2.75) is 51.9 Å². The van der Waals surface area contributed by atoms with Crippen LogP contribution in [0.3, 0.4) is 0 Å². The van der Waals surface area contributed by atoms with Crippen LogP contribution in [0.15, 0.2) is 0 Å². The summed E-state index contributed by atoms with van der Waals surface area (Å²) in [7, 11) is 0. The molecule has 1 saturated carbocycles. The van der Waals surface area contributed by atoms with Crippen LogP contribution in [0.1, 0.15) is 51.9 Å². The second-order valence-electron chi connectivity index (χ2n) is 3.75. The largest absolute Gasteiger partial charge is 0.303 e. The molecule has 0 amide bonds. The fourth-order valence-corrected chi connectivity index (χ4v) is 1.99. The fourth-order valence-electron chi connectivity index (χ4n) is 1.99. The van der Waals surface area contributed by atoms with Crippen LogP contribution in [0.2, 0.25) is 0 Å². The van der Waals surface area contributed by atoms with E-state index in [9.17, 15) is 4.79 Å². The molecule has 0 bridgehead atoms. The average Bonchev–Trinajstić information content (AvgIpc) is 2.30. The van der Waals surface area contributed by atoms with Crippen molar-refractivity contribution in [1.82, 2.24) is 0 Å². The summed E-state index contributed by atoms with van der Waals surface area (Å²) in [4.78, 5) is 10.9. The molecule has 0 aromatic rings. The molecule has 1 nitrogen and oxygen atoms in total. The minimum Gasteiger partial charge on any atom is -0.303 e. The topological polar surface area (TPSA) is 17.1 Å². The molecule has 1 rings (SSSR count). The maximum absolute atomic E-state index is 10.9. The maximum atomic E-state index is 10.9. The predicted molar refractivity (Wildman–Crippen MR) is 46.5 cm³/mol. The molecule has 0 radical (unpaired) electrons. The van der Waals surface area contributed by atoms with E-state index < -0.39 is 0 Å². The van der Waals surface area contributed by atoms with Gasteiger partial charge in [0.05, 0.1) is 0 Å². The zero-order valence-corrected chi connectivity index (χ0v) is 7.44. The molecule has 1 heteroatoms. The van der Waals surface area contributed by atoms with Crippen molar-refractivity contribution in [3.8, 4) is 0 Å². The number of hydrogen-bond acceptors (Lipinski definition) is 1. The highest BCUT2D eigenvalue weighted by Crippen LogP contribution is 2.35. The second kappa shape index (κ2) is 3.89. The summed E-state index contributed by atoms with van der Waals surface area (Å²) in [5.41, 5.74) is 0.0660. The van der Waals surface area contributed by atoms with Gasteiger partial charge in [-0.25, -0.2) is 0 Å². The minimum atomic E-state index is 0.0660. The van der Waals surface area contributed by atoms with Crippen LogP contribution in [0.5, 0.6) is 0 Å². The molecule has 0 aromatic carbocycles. The third kappa shape index (κ3) is 2.05. The van der Waals surface area contributed by atoms with E-state index in [2.05, 4.69) is 6.92 Å². The molecule has 0 aromatic heterocycles. The van der Waals surface area contributed by atoms with Gasteiger partial charge in [-0.1, -0.05) is 32.6 Å². The van der Waals surface area contributed by atoms with E-state index in [0.717, 1.165) is 19.3 Å². The molecule has 0 unspecified atom stereocenters. The van der Waals surface area contributed by atoms with Crippen LogP contribution in [-0.2, 0) is 4.79 Å². The first kappa shape index (κ1) is 8.76. The number of aldehydes is 1. The first-order chi connectivity index (χ1) is 5.33. The summed E-state index contributed by atoms with van der Waals surface area (Å²) >= 11 is 0. The molecule has 0 heterocycles. The number of hydrogen-bond donors (Lipinski definition) is 0. The van der Waals surface area contributed by atoms with E-state index in [1.54, 1.807) is 0 Å². The van der Waals surface area contributed by atoms with E-state index in [1.165, 1.54) is 32.0 Å². The zero-order valence-electron chi connectivity index (χ0n) is 7.44. The number of carbonyl (C=O) groups excluding carboxylic acids is 1. The molecule has 1 aliphatic carbocycles. The van der Waals surface area contributed by atoms with Gasteiger partial charge in [-0.15, -0.1) is 0 Å². The molecule has 1 fully saturated rings. The van der Waals surface area contributed by atoms with E-state index >= 15 is 0 Å².